The highest BCUT2D eigenvalue weighted by Crippen LogP contribution is 2.31. The molecule has 0 unspecified atom stereocenters. The predicted molar refractivity (Wildman–Crippen MR) is 134 cm³/mol. The van der Waals surface area contributed by atoms with Crippen LogP contribution in [0.25, 0.3) is 0 Å². The van der Waals surface area contributed by atoms with Gasteiger partial charge in [-0.25, -0.2) is 9.78 Å². The van der Waals surface area contributed by atoms with E-state index in [1.54, 1.807) is 4.90 Å². The Bertz CT molecular complexity index is 952. The van der Waals surface area contributed by atoms with Gasteiger partial charge in [-0.2, -0.15) is 4.98 Å². The summed E-state index contributed by atoms with van der Waals surface area (Å²) in [5.74, 6) is 2.22. The van der Waals surface area contributed by atoms with E-state index >= 15 is 0 Å². The van der Waals surface area contributed by atoms with Gasteiger partial charge < -0.3 is 21.7 Å². The van der Waals surface area contributed by atoms with Crippen molar-refractivity contribution in [2.45, 2.75) is 64.0 Å². The van der Waals surface area contributed by atoms with E-state index in [9.17, 15) is 4.79 Å². The molecule has 4 rings (SSSR count). The quantitative estimate of drug-likeness (QED) is 0.594. The second kappa shape index (κ2) is 10.4. The number of amides is 2. The van der Waals surface area contributed by atoms with Gasteiger partial charge in [-0.15, -0.1) is 0 Å². The molecule has 2 aromatic rings. The molecule has 0 bridgehead atoms. The van der Waals surface area contributed by atoms with E-state index in [2.05, 4.69) is 24.3 Å². The number of hydrogen-bond acceptors (Lipinski definition) is 6. The average molecular weight is 452 g/mol. The minimum Gasteiger partial charge on any atom is -0.362 e. The molecule has 0 atom stereocenters. The maximum Gasteiger partial charge on any atom is 0.319 e. The Morgan fingerprint density at radius 3 is 2.39 bits per heavy atom. The molecule has 8 heteroatoms. The van der Waals surface area contributed by atoms with Crippen molar-refractivity contribution in [1.29, 1.82) is 0 Å². The SMILES string of the molecule is CN(C)c1nc(NC2CCC(CN(C(N)=O)c3ccc(CN)cc3)CC2)nc2c1CCCC2. The van der Waals surface area contributed by atoms with Gasteiger partial charge in [0.25, 0.3) is 0 Å². The van der Waals surface area contributed by atoms with Gasteiger partial charge in [-0.05, 0) is 75.0 Å². The van der Waals surface area contributed by atoms with Crippen molar-refractivity contribution in [2.75, 3.05) is 35.8 Å². The number of fused-ring (bicyclic) bond motifs is 1. The topological polar surface area (TPSA) is 113 Å². The number of nitrogens with two attached hydrogens (primary N) is 2. The first-order chi connectivity index (χ1) is 15.9. The number of primary amides is 1. The van der Waals surface area contributed by atoms with Crippen LogP contribution in [0.4, 0.5) is 22.2 Å². The smallest absolute Gasteiger partial charge is 0.319 e. The summed E-state index contributed by atoms with van der Waals surface area (Å²) in [6.45, 7) is 1.13. The summed E-state index contributed by atoms with van der Waals surface area (Å²) >= 11 is 0. The molecule has 0 radical (unpaired) electrons. The van der Waals surface area contributed by atoms with E-state index in [4.69, 9.17) is 21.4 Å². The van der Waals surface area contributed by atoms with E-state index < -0.39 is 6.03 Å². The molecule has 33 heavy (non-hydrogen) atoms. The Morgan fingerprint density at radius 2 is 1.76 bits per heavy atom. The monoisotopic (exact) mass is 451 g/mol. The zero-order chi connectivity index (χ0) is 23.4. The van der Waals surface area contributed by atoms with Crippen molar-refractivity contribution >= 4 is 23.5 Å². The number of benzene rings is 1. The van der Waals surface area contributed by atoms with Crippen molar-refractivity contribution in [2.24, 2.45) is 17.4 Å². The summed E-state index contributed by atoms with van der Waals surface area (Å²) in [6, 6.07) is 7.70. The second-order valence-corrected chi connectivity index (χ2v) is 9.58. The first kappa shape index (κ1) is 23.3. The maximum atomic E-state index is 12.1. The highest BCUT2D eigenvalue weighted by Gasteiger charge is 2.26. The van der Waals surface area contributed by atoms with Gasteiger partial charge in [0, 0.05) is 44.5 Å². The molecule has 1 heterocycles. The van der Waals surface area contributed by atoms with Crippen molar-refractivity contribution in [3.8, 4) is 0 Å². The molecule has 0 saturated heterocycles. The van der Waals surface area contributed by atoms with Crippen LogP contribution in [0.3, 0.4) is 0 Å². The van der Waals surface area contributed by atoms with Crippen molar-refractivity contribution in [3.63, 3.8) is 0 Å². The first-order valence-corrected chi connectivity index (χ1v) is 12.1. The largest absolute Gasteiger partial charge is 0.362 e. The molecule has 178 valence electrons. The number of nitrogens with zero attached hydrogens (tertiary/aromatic N) is 4. The van der Waals surface area contributed by atoms with Gasteiger partial charge in [0.1, 0.15) is 5.82 Å². The number of urea groups is 1. The molecule has 1 fully saturated rings. The first-order valence-electron chi connectivity index (χ1n) is 12.1. The lowest BCUT2D eigenvalue weighted by Crippen LogP contribution is -2.41. The standard InChI is InChI=1S/C25H37N7O/c1-31(2)23-21-5-3-4-6-22(21)29-25(30-23)28-19-11-7-18(8-12-19)16-32(24(27)33)20-13-9-17(15-26)10-14-20/h9-10,13-14,18-19H,3-8,11-12,15-16,26H2,1-2H3,(H2,27,33)(H,28,29,30). The highest BCUT2D eigenvalue weighted by molar-refractivity contribution is 5.90. The number of aryl methyl sites for hydroxylation is 1. The number of hydrogen-bond donors (Lipinski definition) is 3. The minimum absolute atomic E-state index is 0.351. The molecule has 2 aliphatic carbocycles. The van der Waals surface area contributed by atoms with E-state index in [0.717, 1.165) is 61.5 Å². The number of aromatic nitrogens is 2. The fourth-order valence-corrected chi connectivity index (χ4v) is 5.07. The fraction of sp³-hybridized carbons (Fsp3) is 0.560. The third-order valence-corrected chi connectivity index (χ3v) is 6.96. The number of carbonyl (C=O) groups is 1. The number of anilines is 3. The van der Waals surface area contributed by atoms with Gasteiger partial charge in [-0.3, -0.25) is 4.90 Å². The number of rotatable bonds is 7. The number of carbonyl (C=O) groups excluding carboxylic acids is 1. The second-order valence-electron chi connectivity index (χ2n) is 9.58. The van der Waals surface area contributed by atoms with Crippen molar-refractivity contribution < 1.29 is 4.79 Å². The van der Waals surface area contributed by atoms with E-state index in [1.165, 1.54) is 24.1 Å². The molecule has 0 aliphatic heterocycles. The Morgan fingerprint density at radius 1 is 1.06 bits per heavy atom. The van der Waals surface area contributed by atoms with Gasteiger partial charge >= 0.3 is 6.03 Å². The van der Waals surface area contributed by atoms with Crippen LogP contribution in [0.15, 0.2) is 24.3 Å². The Hall–Kier alpha value is -2.87. The van der Waals surface area contributed by atoms with Crippen LogP contribution in [0.2, 0.25) is 0 Å². The Labute approximate surface area is 196 Å². The van der Waals surface area contributed by atoms with Gasteiger partial charge in [0.05, 0.1) is 5.69 Å². The van der Waals surface area contributed by atoms with Crippen molar-refractivity contribution in [3.05, 3.63) is 41.1 Å². The van der Waals surface area contributed by atoms with E-state index in [-0.39, 0.29) is 0 Å². The van der Waals surface area contributed by atoms with E-state index in [0.29, 0.717) is 25.0 Å². The molecule has 1 aromatic heterocycles. The van der Waals surface area contributed by atoms with Crippen LogP contribution < -0.4 is 26.6 Å². The number of nitrogens with one attached hydrogen (secondary N) is 1. The molecule has 2 amide bonds. The zero-order valence-electron chi connectivity index (χ0n) is 19.9. The average Bonchev–Trinajstić information content (AvgIpc) is 2.83. The fourth-order valence-electron chi connectivity index (χ4n) is 5.07. The molecule has 0 spiro atoms. The molecule has 1 saturated carbocycles. The molecule has 5 N–H and O–H groups in total. The zero-order valence-corrected chi connectivity index (χ0v) is 19.9. The normalized spacial score (nSPS) is 20.1. The predicted octanol–water partition coefficient (Wildman–Crippen LogP) is 3.44. The lowest BCUT2D eigenvalue weighted by Gasteiger charge is -2.33. The van der Waals surface area contributed by atoms with E-state index in [1.807, 2.05) is 24.3 Å². The molecule has 8 nitrogen and oxygen atoms in total. The van der Waals surface area contributed by atoms with Crippen LogP contribution in [0.5, 0.6) is 0 Å². The Kier molecular flexibility index (Phi) is 7.33. The lowest BCUT2D eigenvalue weighted by molar-refractivity contribution is 0.250. The molecule has 2 aliphatic rings. The third kappa shape index (κ3) is 5.55. The molecular weight excluding hydrogens is 414 g/mol. The van der Waals surface area contributed by atoms with Gasteiger partial charge in [0.2, 0.25) is 5.95 Å². The minimum atomic E-state index is -0.408. The van der Waals surface area contributed by atoms with Crippen LogP contribution in [0.1, 0.15) is 55.3 Å². The molecular formula is C25H37N7O. The summed E-state index contributed by atoms with van der Waals surface area (Å²) in [7, 11) is 4.11. The molecule has 1 aromatic carbocycles. The van der Waals surface area contributed by atoms with Crippen molar-refractivity contribution in [1.82, 2.24) is 9.97 Å². The van der Waals surface area contributed by atoms with Crippen LogP contribution in [0, 0.1) is 5.92 Å². The summed E-state index contributed by atoms with van der Waals surface area (Å²) in [5, 5.41) is 3.60. The van der Waals surface area contributed by atoms with Crippen LogP contribution >= 0.6 is 0 Å². The Balaban J connectivity index is 1.36. The summed E-state index contributed by atoms with van der Waals surface area (Å²) in [5.41, 5.74) is 15.8. The van der Waals surface area contributed by atoms with Crippen LogP contribution in [-0.4, -0.2) is 42.7 Å². The maximum absolute atomic E-state index is 12.1. The van der Waals surface area contributed by atoms with Gasteiger partial charge in [-0.1, -0.05) is 12.1 Å². The third-order valence-electron chi connectivity index (χ3n) is 6.96. The highest BCUT2D eigenvalue weighted by atomic mass is 16.2. The van der Waals surface area contributed by atoms with Gasteiger partial charge in [0.15, 0.2) is 0 Å². The summed E-state index contributed by atoms with van der Waals surface area (Å²) < 4.78 is 0. The summed E-state index contributed by atoms with van der Waals surface area (Å²) in [4.78, 5) is 25.6. The van der Waals surface area contributed by atoms with Crippen LogP contribution in [-0.2, 0) is 19.4 Å². The lowest BCUT2D eigenvalue weighted by atomic mass is 9.85. The summed E-state index contributed by atoms with van der Waals surface area (Å²) in [6.07, 6.45) is 8.65.